The Bertz CT molecular complexity index is 909. The Labute approximate surface area is 155 Å². The number of aromatic nitrogens is 4. The molecule has 0 saturated heterocycles. The summed E-state index contributed by atoms with van der Waals surface area (Å²) in [5, 5.41) is 1.22. The van der Waals surface area contributed by atoms with Crippen LogP contribution in [-0.2, 0) is 6.42 Å². The second-order valence-electron chi connectivity index (χ2n) is 6.48. The number of hydrogen-bond acceptors (Lipinski definition) is 5. The van der Waals surface area contributed by atoms with E-state index in [1.54, 1.807) is 0 Å². The number of benzene rings is 1. The van der Waals surface area contributed by atoms with Gasteiger partial charge in [-0.05, 0) is 49.3 Å². The van der Waals surface area contributed by atoms with Crippen LogP contribution < -0.4 is 11.3 Å². The third-order valence-electron chi connectivity index (χ3n) is 4.91. The lowest BCUT2D eigenvalue weighted by atomic mass is 9.98. The first-order valence-corrected chi connectivity index (χ1v) is 8.99. The molecule has 3 N–H and O–H groups in total. The van der Waals surface area contributed by atoms with Gasteiger partial charge < -0.3 is 9.99 Å². The average Bonchev–Trinajstić information content (AvgIpc) is 3.24. The lowest BCUT2D eigenvalue weighted by Gasteiger charge is -2.14. The zero-order valence-electron chi connectivity index (χ0n) is 13.5. The van der Waals surface area contributed by atoms with Gasteiger partial charge >= 0.3 is 0 Å². The topological polar surface area (TPSA) is 81.7 Å². The largest absolute Gasteiger partial charge is 0.312 e. The van der Waals surface area contributed by atoms with Crippen LogP contribution in [-0.4, -0.2) is 19.5 Å². The summed E-state index contributed by atoms with van der Waals surface area (Å²) in [5.41, 5.74) is 5.33. The van der Waals surface area contributed by atoms with Gasteiger partial charge in [-0.1, -0.05) is 29.3 Å². The average molecular weight is 377 g/mol. The minimum Gasteiger partial charge on any atom is -0.312 e. The van der Waals surface area contributed by atoms with Crippen molar-refractivity contribution in [1.29, 1.82) is 0 Å². The molecule has 2 unspecified atom stereocenters. The van der Waals surface area contributed by atoms with Crippen LogP contribution in [0.1, 0.15) is 30.9 Å². The van der Waals surface area contributed by atoms with Gasteiger partial charge in [0.15, 0.2) is 17.0 Å². The van der Waals surface area contributed by atoms with Crippen LogP contribution in [0.15, 0.2) is 30.9 Å². The Morgan fingerprint density at radius 2 is 2.04 bits per heavy atom. The molecule has 25 heavy (non-hydrogen) atoms. The summed E-state index contributed by atoms with van der Waals surface area (Å²) in [4.78, 5) is 12.9. The van der Waals surface area contributed by atoms with Gasteiger partial charge in [0.1, 0.15) is 6.33 Å². The number of hydrogen-bond donors (Lipinski definition) is 2. The summed E-state index contributed by atoms with van der Waals surface area (Å²) >= 11 is 12.1. The van der Waals surface area contributed by atoms with Crippen molar-refractivity contribution >= 4 is 40.2 Å². The van der Waals surface area contributed by atoms with Crippen molar-refractivity contribution in [3.63, 3.8) is 0 Å². The van der Waals surface area contributed by atoms with Crippen LogP contribution in [0, 0.1) is 5.92 Å². The second kappa shape index (κ2) is 6.78. The van der Waals surface area contributed by atoms with Gasteiger partial charge in [-0.2, -0.15) is 0 Å². The molecule has 2 aromatic heterocycles. The summed E-state index contributed by atoms with van der Waals surface area (Å²) < 4.78 is 2.15. The van der Waals surface area contributed by atoms with Gasteiger partial charge in [-0.25, -0.2) is 20.8 Å². The fourth-order valence-electron chi connectivity index (χ4n) is 3.71. The normalized spacial score (nSPS) is 20.3. The van der Waals surface area contributed by atoms with E-state index in [1.807, 2.05) is 18.5 Å². The highest BCUT2D eigenvalue weighted by atomic mass is 35.5. The van der Waals surface area contributed by atoms with Gasteiger partial charge in [0.05, 0.1) is 16.4 Å². The highest BCUT2D eigenvalue weighted by molar-refractivity contribution is 6.42. The first-order valence-electron chi connectivity index (χ1n) is 8.23. The van der Waals surface area contributed by atoms with Crippen molar-refractivity contribution in [3.05, 3.63) is 46.5 Å². The Balaban J connectivity index is 1.52. The second-order valence-corrected chi connectivity index (χ2v) is 7.29. The molecule has 6 nitrogen and oxygen atoms in total. The van der Waals surface area contributed by atoms with E-state index < -0.39 is 0 Å². The molecule has 0 radical (unpaired) electrons. The molecule has 0 spiro atoms. The van der Waals surface area contributed by atoms with Gasteiger partial charge in [0, 0.05) is 6.04 Å². The molecular formula is C17H18Cl2N6. The van der Waals surface area contributed by atoms with Crippen molar-refractivity contribution in [1.82, 2.24) is 19.5 Å². The maximum absolute atomic E-state index is 6.13. The number of nitrogens with one attached hydrogen (secondary N) is 1. The van der Waals surface area contributed by atoms with Crippen molar-refractivity contribution < 1.29 is 0 Å². The van der Waals surface area contributed by atoms with E-state index in [0.717, 1.165) is 31.3 Å². The number of nitrogens with two attached hydrogens (primary N) is 1. The molecule has 1 aliphatic carbocycles. The molecule has 1 aromatic carbocycles. The van der Waals surface area contributed by atoms with Gasteiger partial charge in [-0.3, -0.25) is 0 Å². The van der Waals surface area contributed by atoms with E-state index in [-0.39, 0.29) is 0 Å². The summed E-state index contributed by atoms with van der Waals surface area (Å²) in [6.45, 7) is 0. The number of halogens is 2. The number of nitrogens with zero attached hydrogens (tertiary/aromatic N) is 4. The SMILES string of the molecule is NNc1ncnc2c1ncn2C1CCC(Cc2ccc(Cl)c(Cl)c2)C1. The Hall–Kier alpha value is -1.89. The summed E-state index contributed by atoms with van der Waals surface area (Å²) in [7, 11) is 0. The minimum atomic E-state index is 0.387. The molecule has 2 atom stereocenters. The highest BCUT2D eigenvalue weighted by Gasteiger charge is 2.28. The van der Waals surface area contributed by atoms with E-state index in [9.17, 15) is 0 Å². The zero-order chi connectivity index (χ0) is 17.4. The number of anilines is 1. The molecule has 4 rings (SSSR count). The molecule has 0 amide bonds. The van der Waals surface area contributed by atoms with Crippen molar-refractivity contribution in [2.45, 2.75) is 31.7 Å². The van der Waals surface area contributed by atoms with Crippen molar-refractivity contribution in [2.24, 2.45) is 11.8 Å². The third-order valence-corrected chi connectivity index (χ3v) is 5.65. The lowest BCUT2D eigenvalue weighted by Crippen LogP contribution is -2.10. The van der Waals surface area contributed by atoms with Gasteiger partial charge in [-0.15, -0.1) is 0 Å². The van der Waals surface area contributed by atoms with Gasteiger partial charge in [0.2, 0.25) is 0 Å². The molecule has 0 bridgehead atoms. The smallest absolute Gasteiger partial charge is 0.171 e. The maximum Gasteiger partial charge on any atom is 0.171 e. The van der Waals surface area contributed by atoms with Gasteiger partial charge in [0.25, 0.3) is 0 Å². The Morgan fingerprint density at radius 3 is 2.84 bits per heavy atom. The Morgan fingerprint density at radius 1 is 1.16 bits per heavy atom. The summed E-state index contributed by atoms with van der Waals surface area (Å²) in [5.74, 6) is 6.66. The minimum absolute atomic E-state index is 0.387. The lowest BCUT2D eigenvalue weighted by molar-refractivity contribution is 0.481. The monoisotopic (exact) mass is 376 g/mol. The Kier molecular flexibility index (Phi) is 4.50. The zero-order valence-corrected chi connectivity index (χ0v) is 15.0. The first-order chi connectivity index (χ1) is 12.2. The molecule has 8 heteroatoms. The molecule has 130 valence electrons. The summed E-state index contributed by atoms with van der Waals surface area (Å²) in [6.07, 6.45) is 7.71. The van der Waals surface area contributed by atoms with Crippen molar-refractivity contribution in [3.8, 4) is 0 Å². The van der Waals surface area contributed by atoms with E-state index >= 15 is 0 Å². The predicted octanol–water partition coefficient (Wildman–Crippen LogP) is 4.00. The van der Waals surface area contributed by atoms with Crippen molar-refractivity contribution in [2.75, 3.05) is 5.43 Å². The molecular weight excluding hydrogens is 359 g/mol. The predicted molar refractivity (Wildman–Crippen MR) is 99.7 cm³/mol. The van der Waals surface area contributed by atoms with Crippen LogP contribution in [0.2, 0.25) is 10.0 Å². The number of imidazole rings is 1. The molecule has 2 heterocycles. The quantitative estimate of drug-likeness (QED) is 0.531. The summed E-state index contributed by atoms with van der Waals surface area (Å²) in [6, 6.07) is 6.28. The molecule has 3 aromatic rings. The van der Waals surface area contributed by atoms with E-state index in [2.05, 4.69) is 31.0 Å². The fourth-order valence-corrected chi connectivity index (χ4v) is 4.03. The molecule has 1 aliphatic rings. The fraction of sp³-hybridized carbons (Fsp3) is 0.353. The van der Waals surface area contributed by atoms with Crippen LogP contribution >= 0.6 is 23.2 Å². The third kappa shape index (κ3) is 3.17. The number of fused-ring (bicyclic) bond motifs is 1. The van der Waals surface area contributed by atoms with Crippen LogP contribution in [0.4, 0.5) is 5.82 Å². The molecule has 1 fully saturated rings. The maximum atomic E-state index is 6.13. The first kappa shape index (κ1) is 16.6. The van der Waals surface area contributed by atoms with Crippen LogP contribution in [0.5, 0.6) is 0 Å². The van der Waals surface area contributed by atoms with Crippen LogP contribution in [0.3, 0.4) is 0 Å². The number of hydrazine groups is 1. The molecule has 1 saturated carbocycles. The number of rotatable bonds is 4. The van der Waals surface area contributed by atoms with Crippen LogP contribution in [0.25, 0.3) is 11.2 Å². The highest BCUT2D eigenvalue weighted by Crippen LogP contribution is 2.38. The van der Waals surface area contributed by atoms with E-state index in [0.29, 0.717) is 33.3 Å². The van der Waals surface area contributed by atoms with E-state index in [4.69, 9.17) is 29.0 Å². The standard InChI is InChI=1S/C17H18Cl2N6/c18-13-4-2-11(7-14(13)19)5-10-1-3-12(6-10)25-9-23-15-16(24-20)21-8-22-17(15)25/h2,4,7-10,12H,1,3,5-6,20H2,(H,21,22,24). The number of nitrogen functional groups attached to an aromatic ring is 1. The van der Waals surface area contributed by atoms with E-state index in [1.165, 1.54) is 11.9 Å². The molecule has 0 aliphatic heterocycles.